The van der Waals surface area contributed by atoms with Gasteiger partial charge in [-0.3, -0.25) is 4.90 Å². The molecule has 4 N–H and O–H groups in total. The Morgan fingerprint density at radius 1 is 1.20 bits per heavy atom. The summed E-state index contributed by atoms with van der Waals surface area (Å²) < 4.78 is 0. The summed E-state index contributed by atoms with van der Waals surface area (Å²) in [6, 6.07) is 0. The van der Waals surface area contributed by atoms with Crippen molar-refractivity contribution in [2.24, 2.45) is 5.73 Å². The molecule has 0 saturated carbocycles. The maximum atomic E-state index is 11.2. The van der Waals surface area contributed by atoms with E-state index in [1.165, 1.54) is 32.1 Å². The number of nitrogens with one attached hydrogen (secondary N) is 2. The van der Waals surface area contributed by atoms with Gasteiger partial charge in [0.1, 0.15) is 0 Å². The number of nitrogens with zero attached hydrogens (tertiary/aromatic N) is 1. The molecule has 0 aromatic heterocycles. The normalized spacial score (nSPS) is 21.7. The van der Waals surface area contributed by atoms with E-state index >= 15 is 0 Å². The lowest BCUT2D eigenvalue weighted by molar-refractivity contribution is -0.749. The van der Waals surface area contributed by atoms with Crippen molar-refractivity contribution in [3.8, 4) is 0 Å². The zero-order valence-electron chi connectivity index (χ0n) is 9.30. The maximum Gasteiger partial charge on any atom is 0.290 e. The molecule has 15 heavy (non-hydrogen) atoms. The molecule has 1 atom stereocenters. The Morgan fingerprint density at radius 3 is 2.27 bits per heavy atom. The van der Waals surface area contributed by atoms with Crippen LogP contribution in [0.1, 0.15) is 32.1 Å². The van der Waals surface area contributed by atoms with Crippen LogP contribution in [0.5, 0.6) is 0 Å². The number of hydrogen-bond donors (Lipinski definition) is 3. The highest BCUT2D eigenvalue weighted by atomic mass is 16.5. The molecule has 1 heterocycles. The third-order valence-electron chi connectivity index (χ3n) is 2.90. The molecular formula is C10H22N4O. The summed E-state index contributed by atoms with van der Waals surface area (Å²) in [6.45, 7) is 3.34. The van der Waals surface area contributed by atoms with Crippen LogP contribution in [0.15, 0.2) is 0 Å². The Balaban J connectivity index is 2.20. The monoisotopic (exact) mass is 214 g/mol. The van der Waals surface area contributed by atoms with E-state index in [1.54, 1.807) is 0 Å². The van der Waals surface area contributed by atoms with E-state index in [0.717, 1.165) is 19.6 Å². The molecule has 0 spiro atoms. The van der Waals surface area contributed by atoms with E-state index in [-0.39, 0.29) is 11.0 Å². The molecular weight excluding hydrogens is 192 g/mol. The number of quaternary nitrogens is 1. The third kappa shape index (κ3) is 5.11. The number of guanidine groups is 1. The van der Waals surface area contributed by atoms with Gasteiger partial charge in [0.05, 0.1) is 6.54 Å². The van der Waals surface area contributed by atoms with Gasteiger partial charge in [-0.2, -0.15) is 0 Å². The summed E-state index contributed by atoms with van der Waals surface area (Å²) >= 11 is 0. The van der Waals surface area contributed by atoms with Crippen LogP contribution in [0.3, 0.4) is 0 Å². The first kappa shape index (κ1) is 12.4. The van der Waals surface area contributed by atoms with E-state index in [0.29, 0.717) is 6.54 Å². The number of hydroxylamine groups is 2. The summed E-state index contributed by atoms with van der Waals surface area (Å²) in [4.78, 5) is 2.32. The second-order valence-electron chi connectivity index (χ2n) is 4.20. The van der Waals surface area contributed by atoms with E-state index in [9.17, 15) is 5.21 Å². The van der Waals surface area contributed by atoms with Gasteiger partial charge in [-0.1, -0.05) is 19.3 Å². The van der Waals surface area contributed by atoms with Gasteiger partial charge >= 0.3 is 0 Å². The molecule has 0 bridgehead atoms. The van der Waals surface area contributed by atoms with Crippen molar-refractivity contribution in [2.45, 2.75) is 32.1 Å². The highest BCUT2D eigenvalue weighted by Gasteiger charge is 2.10. The molecule has 1 fully saturated rings. The van der Waals surface area contributed by atoms with E-state index in [4.69, 9.17) is 11.1 Å². The zero-order chi connectivity index (χ0) is 11.1. The lowest BCUT2D eigenvalue weighted by atomic mass is 10.1. The molecule has 5 nitrogen and oxygen atoms in total. The predicted molar refractivity (Wildman–Crippen MR) is 60.6 cm³/mol. The molecule has 1 unspecified atom stereocenters. The van der Waals surface area contributed by atoms with Gasteiger partial charge in [0.25, 0.3) is 5.96 Å². The van der Waals surface area contributed by atoms with Crippen LogP contribution in [-0.2, 0) is 0 Å². The maximum absolute atomic E-state index is 11.2. The van der Waals surface area contributed by atoms with Crippen molar-refractivity contribution in [3.63, 3.8) is 0 Å². The molecule has 0 radical (unpaired) electrons. The predicted octanol–water partition coefficient (Wildman–Crippen LogP) is -0.471. The lowest BCUT2D eigenvalue weighted by Crippen LogP contribution is -3.12. The van der Waals surface area contributed by atoms with Gasteiger partial charge in [0.15, 0.2) is 0 Å². The van der Waals surface area contributed by atoms with E-state index < -0.39 is 0 Å². The highest BCUT2D eigenvalue weighted by molar-refractivity contribution is 5.64. The fourth-order valence-electron chi connectivity index (χ4n) is 1.93. The molecule has 0 aliphatic carbocycles. The Bertz CT molecular complexity index is 190. The largest absolute Gasteiger partial charge is 0.627 e. The quantitative estimate of drug-likeness (QED) is 0.337. The number of nitrogens with two attached hydrogens (primary N) is 1. The number of rotatable bonds is 3. The third-order valence-corrected chi connectivity index (χ3v) is 2.90. The van der Waals surface area contributed by atoms with Crippen molar-refractivity contribution >= 4 is 5.96 Å². The minimum absolute atomic E-state index is 0.225. The minimum atomic E-state index is -0.304. The van der Waals surface area contributed by atoms with Gasteiger partial charge in [0, 0.05) is 6.54 Å². The van der Waals surface area contributed by atoms with Crippen LogP contribution in [0, 0.1) is 10.6 Å². The van der Waals surface area contributed by atoms with Crippen molar-refractivity contribution in [1.29, 1.82) is 5.41 Å². The van der Waals surface area contributed by atoms with Crippen LogP contribution in [-0.4, -0.2) is 37.0 Å². The van der Waals surface area contributed by atoms with Crippen molar-refractivity contribution in [1.82, 2.24) is 4.90 Å². The Hall–Kier alpha value is -0.650. The highest BCUT2D eigenvalue weighted by Crippen LogP contribution is 2.09. The first-order valence-electron chi connectivity index (χ1n) is 5.80. The number of likely N-dealkylation sites (tertiary alicyclic amines) is 1. The minimum Gasteiger partial charge on any atom is -0.627 e. The summed E-state index contributed by atoms with van der Waals surface area (Å²) in [7, 11) is 0. The summed E-state index contributed by atoms with van der Waals surface area (Å²) in [6.07, 6.45) is 6.41. The number of hydrogen-bond acceptors (Lipinski definition) is 3. The van der Waals surface area contributed by atoms with Gasteiger partial charge < -0.3 is 16.0 Å². The Labute approximate surface area is 91.3 Å². The van der Waals surface area contributed by atoms with Crippen LogP contribution in [0.4, 0.5) is 0 Å². The van der Waals surface area contributed by atoms with E-state index in [2.05, 4.69) is 4.90 Å². The zero-order valence-corrected chi connectivity index (χ0v) is 9.30. The van der Waals surface area contributed by atoms with Gasteiger partial charge in [-0.25, -0.2) is 5.41 Å². The Morgan fingerprint density at radius 2 is 1.73 bits per heavy atom. The average molecular weight is 214 g/mol. The average Bonchev–Trinajstić information content (AvgIpc) is 2.15. The molecule has 1 aliphatic rings. The molecule has 1 rings (SSSR count). The topological polar surface area (TPSA) is 80.6 Å². The first-order valence-corrected chi connectivity index (χ1v) is 5.80. The molecule has 1 aliphatic heterocycles. The van der Waals surface area contributed by atoms with Crippen molar-refractivity contribution in [3.05, 3.63) is 5.21 Å². The SMILES string of the molecule is N=C(N)[NH+]([O-])CCN1CCCCCCC1. The van der Waals surface area contributed by atoms with Crippen LogP contribution in [0.25, 0.3) is 0 Å². The molecule has 1 saturated heterocycles. The molecule has 0 aromatic carbocycles. The fraction of sp³-hybridized carbons (Fsp3) is 0.900. The smallest absolute Gasteiger partial charge is 0.290 e. The van der Waals surface area contributed by atoms with Crippen LogP contribution < -0.4 is 10.8 Å². The summed E-state index contributed by atoms with van der Waals surface area (Å²) in [5.74, 6) is -0.304. The van der Waals surface area contributed by atoms with Crippen molar-refractivity contribution < 1.29 is 5.06 Å². The van der Waals surface area contributed by atoms with Crippen LogP contribution in [0.2, 0.25) is 0 Å². The molecule has 0 aromatic rings. The van der Waals surface area contributed by atoms with Gasteiger partial charge in [-0.05, 0) is 25.9 Å². The lowest BCUT2D eigenvalue weighted by Gasteiger charge is -2.27. The first-order chi connectivity index (χ1) is 7.20. The Kier molecular flexibility index (Phi) is 5.60. The van der Waals surface area contributed by atoms with E-state index in [1.807, 2.05) is 0 Å². The van der Waals surface area contributed by atoms with Crippen molar-refractivity contribution in [2.75, 3.05) is 26.2 Å². The fourth-order valence-corrected chi connectivity index (χ4v) is 1.93. The summed E-state index contributed by atoms with van der Waals surface area (Å²) in [5.41, 5.74) is 5.12. The van der Waals surface area contributed by atoms with Gasteiger partial charge in [0.2, 0.25) is 0 Å². The second kappa shape index (κ2) is 6.76. The summed E-state index contributed by atoms with van der Waals surface area (Å²) in [5, 5.41) is 17.9. The van der Waals surface area contributed by atoms with Crippen LogP contribution >= 0.6 is 0 Å². The van der Waals surface area contributed by atoms with Gasteiger partial charge in [-0.15, -0.1) is 0 Å². The molecule has 5 heteroatoms. The standard InChI is InChI=1S/C10H22N4O/c11-10(12)14(15)9-8-13-6-4-2-1-3-5-7-13/h14H,1-9H2,(H3,11,12). The molecule has 0 amide bonds. The second-order valence-corrected chi connectivity index (χ2v) is 4.20. The molecule has 88 valence electrons.